The van der Waals surface area contributed by atoms with E-state index < -0.39 is 15.7 Å². The molecule has 0 saturated heterocycles. The molecule has 1 heterocycles. The van der Waals surface area contributed by atoms with Crippen molar-refractivity contribution in [2.45, 2.75) is 32.0 Å². The molecule has 1 rings (SSSR count). The van der Waals surface area contributed by atoms with E-state index in [4.69, 9.17) is 23.4 Å². The molecule has 0 aliphatic rings. The first-order valence-corrected chi connectivity index (χ1v) is 11.3. The third-order valence-corrected chi connectivity index (χ3v) is 5.15. The maximum atomic E-state index is 11.8. The van der Waals surface area contributed by atoms with E-state index in [1.54, 1.807) is 20.3 Å². The maximum absolute atomic E-state index is 11.8. The second kappa shape index (κ2) is 10.9. The Morgan fingerprint density at radius 3 is 2.40 bits per heavy atom. The first kappa shape index (κ1) is 22.0. The molecule has 0 aliphatic heterocycles. The predicted octanol–water partition coefficient (Wildman–Crippen LogP) is 3.19. The quantitative estimate of drug-likeness (QED) is 0.412. The van der Waals surface area contributed by atoms with Crippen molar-refractivity contribution in [2.24, 2.45) is 0 Å². The van der Waals surface area contributed by atoms with Crippen molar-refractivity contribution in [2.75, 3.05) is 52.1 Å². The molecule has 1 aromatic heterocycles. The van der Waals surface area contributed by atoms with Gasteiger partial charge in [-0.2, -0.15) is 0 Å². The number of ether oxygens (including phenoxy) is 4. The first-order chi connectivity index (χ1) is 11.7. The SMILES string of the molecule is COC(CCC(C)c1cc(OCOCCS(C)(C)C)cc(=O)o1)OC. The molecule has 0 fully saturated rings. The Kier molecular flexibility index (Phi) is 9.56. The summed E-state index contributed by atoms with van der Waals surface area (Å²) in [7, 11) is 2.63. The van der Waals surface area contributed by atoms with Crippen molar-refractivity contribution in [3.8, 4) is 5.75 Å². The predicted molar refractivity (Wildman–Crippen MR) is 102 cm³/mol. The Hall–Kier alpha value is -1.02. The van der Waals surface area contributed by atoms with Crippen LogP contribution in [-0.4, -0.2) is 58.4 Å². The molecule has 0 saturated carbocycles. The number of methoxy groups -OCH3 is 2. The largest absolute Gasteiger partial charge is 0.467 e. The highest BCUT2D eigenvalue weighted by Gasteiger charge is 2.14. The number of hydrogen-bond donors (Lipinski definition) is 0. The summed E-state index contributed by atoms with van der Waals surface area (Å²) in [5.41, 5.74) is -0.423. The number of rotatable bonds is 12. The van der Waals surface area contributed by atoms with Crippen LogP contribution in [0.1, 0.15) is 31.4 Å². The highest BCUT2D eigenvalue weighted by atomic mass is 32.3. The summed E-state index contributed by atoms with van der Waals surface area (Å²) in [6, 6.07) is 3.08. The monoisotopic (exact) mass is 376 g/mol. The van der Waals surface area contributed by atoms with Crippen LogP contribution >= 0.6 is 10.0 Å². The molecule has 1 unspecified atom stereocenters. The van der Waals surface area contributed by atoms with Gasteiger partial charge in [0.05, 0.1) is 12.7 Å². The van der Waals surface area contributed by atoms with Gasteiger partial charge in [0.2, 0.25) is 0 Å². The van der Waals surface area contributed by atoms with Gasteiger partial charge in [-0.15, -0.1) is 0 Å². The van der Waals surface area contributed by atoms with Gasteiger partial charge in [0.1, 0.15) is 11.5 Å². The third-order valence-electron chi connectivity index (χ3n) is 3.76. The van der Waals surface area contributed by atoms with E-state index in [1.807, 2.05) is 6.92 Å². The van der Waals surface area contributed by atoms with E-state index >= 15 is 0 Å². The van der Waals surface area contributed by atoms with Crippen molar-refractivity contribution in [3.63, 3.8) is 0 Å². The van der Waals surface area contributed by atoms with Crippen molar-refractivity contribution in [3.05, 3.63) is 28.3 Å². The molecular formula is C18H32O6S. The highest BCUT2D eigenvalue weighted by molar-refractivity contribution is 8.32. The van der Waals surface area contributed by atoms with E-state index in [0.29, 0.717) is 24.5 Å². The van der Waals surface area contributed by atoms with Gasteiger partial charge < -0.3 is 23.4 Å². The van der Waals surface area contributed by atoms with Crippen molar-refractivity contribution in [1.82, 2.24) is 0 Å². The molecule has 0 bridgehead atoms. The van der Waals surface area contributed by atoms with E-state index in [9.17, 15) is 4.79 Å². The standard InChI is InChI=1S/C18H32O6S/c1-14(7-8-18(20-2)21-3)16-11-15(12-17(19)24-16)23-13-22-9-10-25(4,5)6/h11-12,14,18H,7-10,13H2,1-6H3. The minimum Gasteiger partial charge on any atom is -0.467 e. The van der Waals surface area contributed by atoms with Crippen LogP contribution in [0, 0.1) is 0 Å². The molecule has 0 aromatic carbocycles. The normalized spacial score (nSPS) is 13.9. The van der Waals surface area contributed by atoms with Gasteiger partial charge in [0.15, 0.2) is 13.1 Å². The minimum absolute atomic E-state index is 0.0504. The van der Waals surface area contributed by atoms with Crippen LogP contribution < -0.4 is 10.4 Å². The summed E-state index contributed by atoms with van der Waals surface area (Å²) < 4.78 is 26.7. The topological polar surface area (TPSA) is 67.1 Å². The lowest BCUT2D eigenvalue weighted by Gasteiger charge is -2.24. The fourth-order valence-corrected chi connectivity index (χ4v) is 2.75. The smallest absolute Gasteiger partial charge is 0.339 e. The summed E-state index contributed by atoms with van der Waals surface area (Å²) in [5.74, 6) is 2.13. The van der Waals surface area contributed by atoms with Crippen molar-refractivity contribution >= 4 is 10.0 Å². The molecule has 0 radical (unpaired) electrons. The molecule has 0 aliphatic carbocycles. The minimum atomic E-state index is -0.578. The van der Waals surface area contributed by atoms with Crippen LogP contribution in [0.25, 0.3) is 0 Å². The summed E-state index contributed by atoms with van der Waals surface area (Å²) in [4.78, 5) is 11.8. The molecule has 0 spiro atoms. The van der Waals surface area contributed by atoms with E-state index in [1.165, 1.54) is 6.07 Å². The molecule has 146 valence electrons. The van der Waals surface area contributed by atoms with Crippen molar-refractivity contribution < 1.29 is 23.4 Å². The third kappa shape index (κ3) is 9.30. The van der Waals surface area contributed by atoms with Gasteiger partial charge >= 0.3 is 5.63 Å². The maximum Gasteiger partial charge on any atom is 0.339 e. The molecule has 0 N–H and O–H groups in total. The first-order valence-electron chi connectivity index (χ1n) is 8.32. The van der Waals surface area contributed by atoms with E-state index in [-0.39, 0.29) is 19.0 Å². The summed E-state index contributed by atoms with van der Waals surface area (Å²) in [5, 5.41) is 0. The van der Waals surface area contributed by atoms with Crippen LogP contribution in [0.2, 0.25) is 0 Å². The summed E-state index contributed by atoms with van der Waals surface area (Å²) in [6.45, 7) is 2.77. The fourth-order valence-electron chi connectivity index (χ4n) is 2.14. The number of hydrogen-bond acceptors (Lipinski definition) is 6. The van der Waals surface area contributed by atoms with Crippen LogP contribution in [0.5, 0.6) is 5.75 Å². The second-order valence-electron chi connectivity index (χ2n) is 6.86. The van der Waals surface area contributed by atoms with Gasteiger partial charge in [0, 0.05) is 32.0 Å². The average Bonchev–Trinajstić information content (AvgIpc) is 2.53. The Bertz CT molecular complexity index is 547. The summed E-state index contributed by atoms with van der Waals surface area (Å²) >= 11 is 0. The molecule has 25 heavy (non-hydrogen) atoms. The summed E-state index contributed by atoms with van der Waals surface area (Å²) in [6.07, 6.45) is 7.94. The Labute approximate surface area is 152 Å². The lowest BCUT2D eigenvalue weighted by atomic mass is 10.0. The van der Waals surface area contributed by atoms with Crippen LogP contribution in [0.3, 0.4) is 0 Å². The Balaban J connectivity index is 2.53. The molecule has 0 amide bonds. The van der Waals surface area contributed by atoms with E-state index in [0.717, 1.165) is 12.2 Å². The van der Waals surface area contributed by atoms with Crippen molar-refractivity contribution in [1.29, 1.82) is 0 Å². The highest BCUT2D eigenvalue weighted by Crippen LogP contribution is 2.33. The average molecular weight is 377 g/mol. The molecule has 7 heteroatoms. The molecule has 1 aromatic rings. The molecular weight excluding hydrogens is 344 g/mol. The second-order valence-corrected chi connectivity index (χ2v) is 11.4. The lowest BCUT2D eigenvalue weighted by molar-refractivity contribution is -0.107. The fraction of sp³-hybridized carbons (Fsp3) is 0.722. The molecule has 6 nitrogen and oxygen atoms in total. The van der Waals surface area contributed by atoms with Gasteiger partial charge in [-0.3, -0.25) is 0 Å². The van der Waals surface area contributed by atoms with Gasteiger partial charge in [-0.25, -0.2) is 14.8 Å². The van der Waals surface area contributed by atoms with Crippen LogP contribution in [-0.2, 0) is 14.2 Å². The lowest BCUT2D eigenvalue weighted by Crippen LogP contribution is -2.14. The van der Waals surface area contributed by atoms with Crippen LogP contribution in [0.15, 0.2) is 21.3 Å². The zero-order valence-electron chi connectivity index (χ0n) is 16.2. The zero-order valence-corrected chi connectivity index (χ0v) is 17.0. The Morgan fingerprint density at radius 1 is 1.12 bits per heavy atom. The van der Waals surface area contributed by atoms with Gasteiger partial charge in [0.25, 0.3) is 0 Å². The zero-order chi connectivity index (χ0) is 18.9. The Morgan fingerprint density at radius 2 is 1.80 bits per heavy atom. The van der Waals surface area contributed by atoms with Crippen LogP contribution in [0.4, 0.5) is 0 Å². The van der Waals surface area contributed by atoms with E-state index in [2.05, 4.69) is 18.8 Å². The molecule has 1 atom stereocenters. The van der Waals surface area contributed by atoms with Gasteiger partial charge in [-0.1, -0.05) is 6.92 Å². The van der Waals surface area contributed by atoms with Gasteiger partial charge in [-0.05, 0) is 31.6 Å².